The molecule has 1 heterocycles. The van der Waals surface area contributed by atoms with Crippen LogP contribution in [0.15, 0.2) is 48.5 Å². The zero-order valence-corrected chi connectivity index (χ0v) is 11.2. The van der Waals surface area contributed by atoms with E-state index in [2.05, 4.69) is 9.97 Å². The summed E-state index contributed by atoms with van der Waals surface area (Å²) in [6, 6.07) is 15.6. The molecule has 0 bridgehead atoms. The average molecular weight is 265 g/mol. The van der Waals surface area contributed by atoms with E-state index in [-0.39, 0.29) is 0 Å². The third kappa shape index (κ3) is 2.40. The summed E-state index contributed by atoms with van der Waals surface area (Å²) in [5.74, 6) is 2.07. The molecule has 0 aliphatic rings. The number of aromatic nitrogens is 2. The van der Waals surface area contributed by atoms with Gasteiger partial charge in [0.15, 0.2) is 0 Å². The lowest BCUT2D eigenvalue weighted by Crippen LogP contribution is -2.02. The van der Waals surface area contributed by atoms with Gasteiger partial charge in [-0.15, -0.1) is 0 Å². The van der Waals surface area contributed by atoms with Gasteiger partial charge in [-0.05, 0) is 29.8 Å². The fraction of sp³-hybridized carbons (Fsp3) is 0.125. The number of benzene rings is 2. The summed E-state index contributed by atoms with van der Waals surface area (Å²) in [7, 11) is 1.66. The van der Waals surface area contributed by atoms with E-state index in [9.17, 15) is 0 Å². The van der Waals surface area contributed by atoms with E-state index >= 15 is 0 Å². The van der Waals surface area contributed by atoms with Crippen LogP contribution in [0.1, 0.15) is 11.4 Å². The van der Waals surface area contributed by atoms with Crippen molar-refractivity contribution in [3.8, 4) is 5.75 Å². The number of rotatable bonds is 3. The molecule has 0 aliphatic carbocycles. The Labute approximate surface area is 117 Å². The molecule has 0 saturated heterocycles. The van der Waals surface area contributed by atoms with Gasteiger partial charge in [0.05, 0.1) is 12.6 Å². The average Bonchev–Trinajstić information content (AvgIpc) is 2.47. The molecule has 4 nitrogen and oxygen atoms in total. The smallest absolute Gasteiger partial charge is 0.135 e. The Morgan fingerprint density at radius 1 is 1.05 bits per heavy atom. The fourth-order valence-corrected chi connectivity index (χ4v) is 2.20. The van der Waals surface area contributed by atoms with Gasteiger partial charge in [-0.1, -0.05) is 24.3 Å². The predicted molar refractivity (Wildman–Crippen MR) is 79.8 cm³/mol. The molecular weight excluding hydrogens is 250 g/mol. The maximum Gasteiger partial charge on any atom is 0.135 e. The number of ether oxygens (including phenoxy) is 1. The molecule has 0 saturated carbocycles. The Kier molecular flexibility index (Phi) is 3.21. The van der Waals surface area contributed by atoms with E-state index in [0.717, 1.165) is 28.0 Å². The second kappa shape index (κ2) is 5.17. The third-order valence-corrected chi connectivity index (χ3v) is 3.18. The molecular formula is C16H15N3O. The minimum atomic E-state index is 0.522. The van der Waals surface area contributed by atoms with Crippen LogP contribution >= 0.6 is 0 Å². The van der Waals surface area contributed by atoms with Crippen molar-refractivity contribution in [2.24, 2.45) is 0 Å². The molecule has 0 radical (unpaired) electrons. The summed E-state index contributed by atoms with van der Waals surface area (Å²) < 4.78 is 5.22. The number of hydrogen-bond donors (Lipinski definition) is 1. The van der Waals surface area contributed by atoms with E-state index in [0.29, 0.717) is 12.2 Å². The first-order valence-corrected chi connectivity index (χ1v) is 6.40. The van der Waals surface area contributed by atoms with Gasteiger partial charge in [0.1, 0.15) is 17.4 Å². The second-order valence-corrected chi connectivity index (χ2v) is 4.57. The summed E-state index contributed by atoms with van der Waals surface area (Å²) in [5.41, 5.74) is 7.96. The number of anilines is 1. The molecule has 0 fully saturated rings. The Balaban J connectivity index is 1.98. The van der Waals surface area contributed by atoms with Crippen LogP contribution in [0.5, 0.6) is 5.75 Å². The van der Waals surface area contributed by atoms with Crippen LogP contribution in [0.4, 0.5) is 5.82 Å². The lowest BCUT2D eigenvalue weighted by atomic mass is 10.1. The highest BCUT2D eigenvalue weighted by atomic mass is 16.5. The van der Waals surface area contributed by atoms with E-state index in [1.807, 2.05) is 48.5 Å². The van der Waals surface area contributed by atoms with Crippen molar-refractivity contribution in [1.82, 2.24) is 9.97 Å². The van der Waals surface area contributed by atoms with Gasteiger partial charge in [-0.3, -0.25) is 0 Å². The molecule has 0 unspecified atom stereocenters. The van der Waals surface area contributed by atoms with Crippen LogP contribution in [0, 0.1) is 0 Å². The largest absolute Gasteiger partial charge is 0.497 e. The highest BCUT2D eigenvalue weighted by molar-refractivity contribution is 5.87. The van der Waals surface area contributed by atoms with Crippen molar-refractivity contribution in [1.29, 1.82) is 0 Å². The number of methoxy groups -OCH3 is 1. The highest BCUT2D eigenvalue weighted by Crippen LogP contribution is 2.19. The molecule has 3 rings (SSSR count). The van der Waals surface area contributed by atoms with Crippen LogP contribution in [-0.2, 0) is 6.42 Å². The monoisotopic (exact) mass is 265 g/mol. The van der Waals surface area contributed by atoms with Crippen molar-refractivity contribution >= 4 is 16.7 Å². The summed E-state index contributed by atoms with van der Waals surface area (Å²) in [6.45, 7) is 0. The SMILES string of the molecule is COc1cccc(Cc2nc(N)c3ccccc3n2)c1. The van der Waals surface area contributed by atoms with Crippen LogP contribution in [-0.4, -0.2) is 17.1 Å². The maximum absolute atomic E-state index is 5.99. The Bertz CT molecular complexity index is 756. The number of nitrogen functional groups attached to an aromatic ring is 1. The first kappa shape index (κ1) is 12.4. The van der Waals surface area contributed by atoms with E-state index < -0.39 is 0 Å². The van der Waals surface area contributed by atoms with Crippen LogP contribution in [0.3, 0.4) is 0 Å². The quantitative estimate of drug-likeness (QED) is 0.791. The highest BCUT2D eigenvalue weighted by Gasteiger charge is 2.06. The van der Waals surface area contributed by atoms with Gasteiger partial charge in [-0.25, -0.2) is 9.97 Å². The van der Waals surface area contributed by atoms with E-state index in [1.54, 1.807) is 7.11 Å². The zero-order chi connectivity index (χ0) is 13.9. The van der Waals surface area contributed by atoms with Crippen molar-refractivity contribution in [3.05, 3.63) is 59.9 Å². The molecule has 20 heavy (non-hydrogen) atoms. The fourth-order valence-electron chi connectivity index (χ4n) is 2.20. The Hall–Kier alpha value is -2.62. The molecule has 0 aliphatic heterocycles. The number of fused-ring (bicyclic) bond motifs is 1. The molecule has 0 amide bonds. The van der Waals surface area contributed by atoms with Crippen molar-refractivity contribution in [3.63, 3.8) is 0 Å². The van der Waals surface area contributed by atoms with E-state index in [4.69, 9.17) is 10.5 Å². The molecule has 0 atom stereocenters. The van der Waals surface area contributed by atoms with Gasteiger partial charge in [-0.2, -0.15) is 0 Å². The topological polar surface area (TPSA) is 61.0 Å². The molecule has 1 aromatic heterocycles. The van der Waals surface area contributed by atoms with E-state index in [1.165, 1.54) is 0 Å². The minimum absolute atomic E-state index is 0.522. The Morgan fingerprint density at radius 3 is 2.75 bits per heavy atom. The standard InChI is InChI=1S/C16H15N3O/c1-20-12-6-4-5-11(9-12)10-15-18-14-8-3-2-7-13(14)16(17)19-15/h2-9H,10H2,1H3,(H2,17,18,19). The summed E-state index contributed by atoms with van der Waals surface area (Å²) in [6.07, 6.45) is 0.631. The first-order valence-electron chi connectivity index (χ1n) is 6.40. The normalized spacial score (nSPS) is 10.7. The summed E-state index contributed by atoms with van der Waals surface area (Å²) in [4.78, 5) is 8.93. The van der Waals surface area contributed by atoms with Crippen molar-refractivity contribution in [2.45, 2.75) is 6.42 Å². The molecule has 100 valence electrons. The molecule has 2 N–H and O–H groups in total. The molecule has 0 spiro atoms. The second-order valence-electron chi connectivity index (χ2n) is 4.57. The van der Waals surface area contributed by atoms with Gasteiger partial charge in [0.2, 0.25) is 0 Å². The molecule has 4 heteroatoms. The van der Waals surface area contributed by atoms with Gasteiger partial charge < -0.3 is 10.5 Å². The van der Waals surface area contributed by atoms with Crippen molar-refractivity contribution in [2.75, 3.05) is 12.8 Å². The summed E-state index contributed by atoms with van der Waals surface area (Å²) in [5, 5.41) is 0.891. The van der Waals surface area contributed by atoms with Gasteiger partial charge in [0.25, 0.3) is 0 Å². The van der Waals surface area contributed by atoms with Crippen LogP contribution in [0.2, 0.25) is 0 Å². The number of hydrogen-bond acceptors (Lipinski definition) is 4. The maximum atomic E-state index is 5.99. The van der Waals surface area contributed by atoms with Gasteiger partial charge >= 0.3 is 0 Å². The number of nitrogens with zero attached hydrogens (tertiary/aromatic N) is 2. The minimum Gasteiger partial charge on any atom is -0.497 e. The molecule has 2 aromatic carbocycles. The number of para-hydroxylation sites is 1. The summed E-state index contributed by atoms with van der Waals surface area (Å²) >= 11 is 0. The lowest BCUT2D eigenvalue weighted by molar-refractivity contribution is 0.414. The van der Waals surface area contributed by atoms with Crippen LogP contribution in [0.25, 0.3) is 10.9 Å². The molecule has 3 aromatic rings. The Morgan fingerprint density at radius 2 is 1.90 bits per heavy atom. The van der Waals surface area contributed by atoms with Gasteiger partial charge in [0, 0.05) is 11.8 Å². The van der Waals surface area contributed by atoms with Crippen molar-refractivity contribution < 1.29 is 4.74 Å². The van der Waals surface area contributed by atoms with Crippen LogP contribution < -0.4 is 10.5 Å². The lowest BCUT2D eigenvalue weighted by Gasteiger charge is -2.06. The predicted octanol–water partition coefficient (Wildman–Crippen LogP) is 2.81. The number of nitrogens with two attached hydrogens (primary N) is 1. The zero-order valence-electron chi connectivity index (χ0n) is 11.2. The third-order valence-electron chi connectivity index (χ3n) is 3.18. The first-order chi connectivity index (χ1) is 9.76.